The van der Waals surface area contributed by atoms with Crippen molar-refractivity contribution in [3.05, 3.63) is 369 Å². The summed E-state index contributed by atoms with van der Waals surface area (Å²) in [4.78, 5) is 34.5. The summed E-state index contributed by atoms with van der Waals surface area (Å²) in [5.74, 6) is 3.45. The normalized spacial score (nSPS) is 11.8. The number of halogens is 1. The summed E-state index contributed by atoms with van der Waals surface area (Å²) in [6.45, 7) is 0. The lowest BCUT2D eigenvalue weighted by molar-refractivity contribution is 0.668. The molecule has 6 aromatic heterocycles. The van der Waals surface area contributed by atoms with Crippen LogP contribution in [0.2, 0.25) is 5.02 Å². The van der Waals surface area contributed by atoms with Crippen molar-refractivity contribution in [2.75, 3.05) is 0 Å². The number of nitrogens with one attached hydrogen (secondary N) is 1. The highest BCUT2D eigenvalue weighted by atomic mass is 35.5. The predicted octanol–water partition coefficient (Wildman–Crippen LogP) is 27.5. The van der Waals surface area contributed by atoms with E-state index in [1.807, 2.05) is 72.8 Å². The molecule has 0 aliphatic rings. The number of nitrogens with zero attached hydrogens (tertiary/aromatic N) is 7. The molecule has 113 heavy (non-hydrogen) atoms. The lowest BCUT2D eigenvalue weighted by Gasteiger charge is -2.16. The molecule has 0 aliphatic heterocycles. The van der Waals surface area contributed by atoms with Crippen LogP contribution >= 0.6 is 11.6 Å². The molecule has 0 saturated heterocycles. The molecule has 0 atom stereocenters. The van der Waals surface area contributed by atoms with E-state index >= 15 is 0 Å². The standard InChI is InChI=1S/C51H30N4O.C35H20ClN3O.C16H11N/c1-3-13-33-27-37(23-21-31(33)11-1)49-52-50(38-24-22-32-12-2-4-14-34(32)28-38)54-51(53-49)48-43(25-26-46-47(48)40-18-8-10-20-45(40)56-46)55-42-19-9-7-17-39(42)41-29-35-15-5-6-16-36(35)30-44(41)55;36-28-17-18-30-31(27-11-5-6-12-29(27)40-30)32(28)35-38-33(25-15-13-21-7-1-3-9-23(21)19-25)37-34(39-35)26-16-14-22-8-2-4-10-24(22)20-26;1-2-6-12-10-16-14(9-11(12)5-1)13-7-3-4-8-15(13)17-16/h1-30H;1-20H;1-10,17H. The molecule has 0 amide bonds. The lowest BCUT2D eigenvalue weighted by atomic mass is 10.0. The van der Waals surface area contributed by atoms with Gasteiger partial charge in [0.15, 0.2) is 34.9 Å². The van der Waals surface area contributed by atoms with Gasteiger partial charge in [0.05, 0.1) is 27.3 Å². The Morgan fingerprint density at radius 2 is 0.584 bits per heavy atom. The monoisotopic (exact) mass is 1460 g/mol. The number of hydrogen-bond donors (Lipinski definition) is 1. The number of fused-ring (bicyclic) bond motifs is 18. The van der Waals surface area contributed by atoms with E-state index in [1.165, 1.54) is 54.1 Å². The van der Waals surface area contributed by atoms with Gasteiger partial charge < -0.3 is 18.4 Å². The first-order valence-corrected chi connectivity index (χ1v) is 38.1. The zero-order valence-electron chi connectivity index (χ0n) is 60.5. The third-order valence-electron chi connectivity index (χ3n) is 21.9. The minimum absolute atomic E-state index is 0.503. The first-order chi connectivity index (χ1) is 55.9. The molecular weight excluding hydrogens is 1400 g/mol. The van der Waals surface area contributed by atoms with Crippen molar-refractivity contribution in [3.8, 4) is 74.0 Å². The second kappa shape index (κ2) is 26.7. The van der Waals surface area contributed by atoms with Crippen LogP contribution in [0.15, 0.2) is 373 Å². The molecule has 0 radical (unpaired) electrons. The highest BCUT2D eigenvalue weighted by Crippen LogP contribution is 2.46. The number of aromatic nitrogens is 8. The van der Waals surface area contributed by atoms with Gasteiger partial charge in [-0.25, -0.2) is 29.9 Å². The Balaban J connectivity index is 0.000000118. The molecule has 1 N–H and O–H groups in total. The number of benzene rings is 18. The molecule has 0 spiro atoms. The maximum atomic E-state index is 6.91. The number of para-hydroxylation sites is 4. The van der Waals surface area contributed by atoms with Crippen molar-refractivity contribution in [2.45, 2.75) is 0 Å². The molecule has 0 aliphatic carbocycles. The number of hydrogen-bond acceptors (Lipinski definition) is 8. The molecule has 24 aromatic rings. The van der Waals surface area contributed by atoms with Crippen LogP contribution in [0.4, 0.5) is 0 Å². The van der Waals surface area contributed by atoms with Crippen LogP contribution < -0.4 is 0 Å². The lowest BCUT2D eigenvalue weighted by Crippen LogP contribution is -2.04. The van der Waals surface area contributed by atoms with Gasteiger partial charge in [-0.15, -0.1) is 0 Å². The Hall–Kier alpha value is -15.0. The average molecular weight is 1470 g/mol. The smallest absolute Gasteiger partial charge is 0.166 e. The van der Waals surface area contributed by atoms with Gasteiger partial charge in [0.2, 0.25) is 0 Å². The predicted molar refractivity (Wildman–Crippen MR) is 467 cm³/mol. The Morgan fingerprint density at radius 3 is 1.07 bits per heavy atom. The molecule has 10 nitrogen and oxygen atoms in total. The van der Waals surface area contributed by atoms with Gasteiger partial charge >= 0.3 is 0 Å². The van der Waals surface area contributed by atoms with Gasteiger partial charge in [-0.3, -0.25) is 0 Å². The summed E-state index contributed by atoms with van der Waals surface area (Å²) in [7, 11) is 0. The molecule has 0 fully saturated rings. The van der Waals surface area contributed by atoms with Gasteiger partial charge in [0, 0.05) is 81.9 Å². The first-order valence-electron chi connectivity index (χ1n) is 37.7. The molecule has 6 heterocycles. The van der Waals surface area contributed by atoms with Crippen LogP contribution in [-0.4, -0.2) is 39.5 Å². The maximum Gasteiger partial charge on any atom is 0.166 e. The van der Waals surface area contributed by atoms with Crippen molar-refractivity contribution >= 4 is 164 Å². The fourth-order valence-corrected chi connectivity index (χ4v) is 16.7. The highest BCUT2D eigenvalue weighted by Gasteiger charge is 2.27. The van der Waals surface area contributed by atoms with Crippen molar-refractivity contribution in [1.82, 2.24) is 39.5 Å². The molecule has 0 saturated carbocycles. The second-order valence-corrected chi connectivity index (χ2v) is 29.1. The summed E-state index contributed by atoms with van der Waals surface area (Å²) in [6, 6.07) is 126. The van der Waals surface area contributed by atoms with Crippen LogP contribution in [0.25, 0.3) is 226 Å². The quantitative estimate of drug-likeness (QED) is 0.167. The molecular formula is C102H61ClN8O2. The van der Waals surface area contributed by atoms with Crippen molar-refractivity contribution in [1.29, 1.82) is 0 Å². The van der Waals surface area contributed by atoms with Crippen LogP contribution in [0.5, 0.6) is 0 Å². The van der Waals surface area contributed by atoms with Crippen LogP contribution in [0.3, 0.4) is 0 Å². The fourth-order valence-electron chi connectivity index (χ4n) is 16.5. The van der Waals surface area contributed by atoms with E-state index in [0.717, 1.165) is 137 Å². The Labute approximate surface area is 650 Å². The van der Waals surface area contributed by atoms with E-state index in [0.29, 0.717) is 40.0 Å². The van der Waals surface area contributed by atoms with E-state index in [-0.39, 0.29) is 0 Å². The van der Waals surface area contributed by atoms with Crippen LogP contribution in [0.1, 0.15) is 0 Å². The van der Waals surface area contributed by atoms with Crippen LogP contribution in [0, 0.1) is 0 Å². The third kappa shape index (κ3) is 11.4. The largest absolute Gasteiger partial charge is 0.456 e. The number of H-pyrrole nitrogens is 1. The summed E-state index contributed by atoms with van der Waals surface area (Å²) in [5.41, 5.74) is 14.0. The zero-order chi connectivity index (χ0) is 74.6. The number of aromatic amines is 1. The Morgan fingerprint density at radius 1 is 0.230 bits per heavy atom. The van der Waals surface area contributed by atoms with E-state index in [1.54, 1.807) is 0 Å². The van der Waals surface area contributed by atoms with Crippen LogP contribution in [-0.2, 0) is 0 Å². The third-order valence-corrected chi connectivity index (χ3v) is 22.2. The topological polar surface area (TPSA) is 124 Å². The molecule has 24 rings (SSSR count). The fraction of sp³-hybridized carbons (Fsp3) is 0. The van der Waals surface area contributed by atoms with Gasteiger partial charge in [-0.05, 0) is 162 Å². The molecule has 18 aromatic carbocycles. The molecule has 0 bridgehead atoms. The summed E-state index contributed by atoms with van der Waals surface area (Å²) in [5, 5.41) is 23.5. The van der Waals surface area contributed by atoms with E-state index in [2.05, 4.69) is 301 Å². The number of rotatable bonds is 7. The Kier molecular flexibility index (Phi) is 15.4. The maximum absolute atomic E-state index is 6.91. The molecule has 0 unspecified atom stereocenters. The summed E-state index contributed by atoms with van der Waals surface area (Å²) >= 11 is 6.91. The van der Waals surface area contributed by atoms with Gasteiger partial charge in [-0.1, -0.05) is 279 Å². The second-order valence-electron chi connectivity index (χ2n) is 28.7. The van der Waals surface area contributed by atoms with E-state index in [9.17, 15) is 0 Å². The Bertz CT molecular complexity index is 7810. The highest BCUT2D eigenvalue weighted by molar-refractivity contribution is 6.36. The minimum atomic E-state index is 0.503. The molecule has 528 valence electrons. The van der Waals surface area contributed by atoms with Gasteiger partial charge in [-0.2, -0.15) is 0 Å². The van der Waals surface area contributed by atoms with Gasteiger partial charge in [0.25, 0.3) is 0 Å². The van der Waals surface area contributed by atoms with Crippen molar-refractivity contribution < 1.29 is 8.83 Å². The minimum Gasteiger partial charge on any atom is -0.456 e. The zero-order valence-corrected chi connectivity index (χ0v) is 61.2. The van der Waals surface area contributed by atoms with Crippen molar-refractivity contribution in [3.63, 3.8) is 0 Å². The van der Waals surface area contributed by atoms with Crippen molar-refractivity contribution in [2.24, 2.45) is 0 Å². The summed E-state index contributed by atoms with van der Waals surface area (Å²) < 4.78 is 15.1. The van der Waals surface area contributed by atoms with E-state index < -0.39 is 0 Å². The molecule has 11 heteroatoms. The van der Waals surface area contributed by atoms with E-state index in [4.69, 9.17) is 50.3 Å². The van der Waals surface area contributed by atoms with Gasteiger partial charge in [0.1, 0.15) is 22.3 Å². The average Bonchev–Trinajstić information content (AvgIpc) is 1.59. The SMILES string of the molecule is Clc1ccc2oc3ccccc3c2c1-c1nc(-c2ccc3ccccc3c2)nc(-c2ccc3ccccc3c2)n1.c1ccc2cc(-c3nc(-c4ccc5ccccc5c4)nc(-c4c(-n5c6ccccc6c6cc7ccccc7cc65)ccc5oc6ccccc6c45)n3)ccc2c1.c1ccc2cc3c(cc2c1)[nH]c1ccccc13. The number of furan rings is 2. The first kappa shape index (κ1) is 65.1. The summed E-state index contributed by atoms with van der Waals surface area (Å²) in [6.07, 6.45) is 0.